The first-order chi connectivity index (χ1) is 20.0. The molecule has 0 aliphatic heterocycles. The molecular formula is C32H32BrF3N2O4. The highest BCUT2D eigenvalue weighted by Gasteiger charge is 2.33. The van der Waals surface area contributed by atoms with Crippen molar-refractivity contribution in [1.82, 2.24) is 5.32 Å². The lowest BCUT2D eigenvalue weighted by Gasteiger charge is -2.23. The molecule has 3 aromatic carbocycles. The highest BCUT2D eigenvalue weighted by Crippen LogP contribution is 2.37. The number of carbonyl (C=O) groups is 3. The normalized spacial score (nSPS) is 14.7. The van der Waals surface area contributed by atoms with Crippen LogP contribution in [0.1, 0.15) is 83.0 Å². The number of hydrogen-bond acceptors (Lipinski definition) is 3. The van der Waals surface area contributed by atoms with Crippen molar-refractivity contribution in [3.63, 3.8) is 0 Å². The van der Waals surface area contributed by atoms with Crippen molar-refractivity contribution in [3.05, 3.63) is 99.0 Å². The van der Waals surface area contributed by atoms with Crippen LogP contribution in [0.3, 0.4) is 0 Å². The maximum Gasteiger partial charge on any atom is 0.417 e. The second kappa shape index (κ2) is 14.0. The summed E-state index contributed by atoms with van der Waals surface area (Å²) in [5, 5.41) is 14.0. The van der Waals surface area contributed by atoms with Gasteiger partial charge in [0.2, 0.25) is 5.91 Å². The average Bonchev–Trinajstić information content (AvgIpc) is 2.97. The molecule has 0 saturated heterocycles. The summed E-state index contributed by atoms with van der Waals surface area (Å²) >= 11 is 2.93. The van der Waals surface area contributed by atoms with Gasteiger partial charge in [0.1, 0.15) is 0 Å². The quantitative estimate of drug-likeness (QED) is 0.211. The van der Waals surface area contributed by atoms with Crippen LogP contribution in [-0.4, -0.2) is 29.4 Å². The van der Waals surface area contributed by atoms with Gasteiger partial charge in [0, 0.05) is 22.3 Å². The second-order valence-electron chi connectivity index (χ2n) is 10.5. The minimum Gasteiger partial charge on any atom is -0.481 e. The Kier molecular flexibility index (Phi) is 10.4. The summed E-state index contributed by atoms with van der Waals surface area (Å²) < 4.78 is 40.3. The molecule has 0 heterocycles. The van der Waals surface area contributed by atoms with Crippen molar-refractivity contribution in [2.45, 2.75) is 63.0 Å². The predicted molar refractivity (Wildman–Crippen MR) is 158 cm³/mol. The van der Waals surface area contributed by atoms with Crippen LogP contribution in [0.5, 0.6) is 0 Å². The summed E-state index contributed by atoms with van der Waals surface area (Å²) in [5.41, 5.74) is 2.20. The van der Waals surface area contributed by atoms with Gasteiger partial charge in [-0.15, -0.1) is 0 Å². The molecule has 0 radical (unpaired) electrons. The summed E-state index contributed by atoms with van der Waals surface area (Å²) in [6.45, 7) is 0.00112. The minimum absolute atomic E-state index is 0.00112. The Morgan fingerprint density at radius 1 is 0.929 bits per heavy atom. The zero-order chi connectivity index (χ0) is 30.3. The Balaban J connectivity index is 1.56. The number of nitrogens with one attached hydrogen (secondary N) is 2. The second-order valence-corrected chi connectivity index (χ2v) is 11.4. The van der Waals surface area contributed by atoms with E-state index >= 15 is 0 Å². The molecule has 1 unspecified atom stereocenters. The number of halogens is 4. The van der Waals surface area contributed by atoms with Gasteiger partial charge in [-0.2, -0.15) is 13.2 Å². The third-order valence-corrected chi connectivity index (χ3v) is 8.24. The van der Waals surface area contributed by atoms with Crippen LogP contribution >= 0.6 is 15.9 Å². The van der Waals surface area contributed by atoms with E-state index in [0.29, 0.717) is 11.5 Å². The summed E-state index contributed by atoms with van der Waals surface area (Å²) in [7, 11) is 0. The molecule has 1 aliphatic rings. The fraction of sp³-hybridized carbons (Fsp3) is 0.344. The fourth-order valence-electron chi connectivity index (χ4n) is 5.26. The van der Waals surface area contributed by atoms with Crippen LogP contribution in [0, 0.1) is 0 Å². The Hall–Kier alpha value is -3.66. The smallest absolute Gasteiger partial charge is 0.417 e. The Bertz CT molecular complexity index is 1400. The molecule has 0 aromatic heterocycles. The van der Waals surface area contributed by atoms with Gasteiger partial charge in [-0.25, -0.2) is 0 Å². The number of carboxylic acids is 1. The van der Waals surface area contributed by atoms with Crippen LogP contribution in [0.2, 0.25) is 0 Å². The van der Waals surface area contributed by atoms with Gasteiger partial charge in [-0.05, 0) is 72.2 Å². The molecular weight excluding hydrogens is 613 g/mol. The Labute approximate surface area is 250 Å². The van der Waals surface area contributed by atoms with Crippen molar-refractivity contribution in [1.29, 1.82) is 0 Å². The largest absolute Gasteiger partial charge is 0.481 e. The van der Waals surface area contributed by atoms with Gasteiger partial charge in [0.25, 0.3) is 5.91 Å². The van der Waals surface area contributed by atoms with Crippen molar-refractivity contribution in [3.8, 4) is 0 Å². The number of carboxylic acid groups (broad SMARTS) is 1. The first-order valence-electron chi connectivity index (χ1n) is 13.9. The van der Waals surface area contributed by atoms with Crippen molar-refractivity contribution in [2.75, 3.05) is 11.9 Å². The molecule has 6 nitrogen and oxygen atoms in total. The number of alkyl halides is 3. The van der Waals surface area contributed by atoms with Gasteiger partial charge in [-0.1, -0.05) is 71.6 Å². The zero-order valence-corrected chi connectivity index (χ0v) is 24.4. The minimum atomic E-state index is -4.59. The predicted octanol–water partition coefficient (Wildman–Crippen LogP) is 7.69. The first kappa shape index (κ1) is 31.3. The molecule has 1 atom stereocenters. The number of aliphatic carboxylic acids is 1. The third kappa shape index (κ3) is 8.44. The van der Waals surface area contributed by atoms with E-state index in [4.69, 9.17) is 5.11 Å². The van der Waals surface area contributed by atoms with Crippen LogP contribution in [0.15, 0.2) is 71.2 Å². The lowest BCUT2D eigenvalue weighted by molar-refractivity contribution is -0.138. The van der Waals surface area contributed by atoms with E-state index in [-0.39, 0.29) is 29.5 Å². The molecule has 3 N–H and O–H groups in total. The van der Waals surface area contributed by atoms with Crippen LogP contribution in [-0.2, 0) is 22.2 Å². The molecule has 0 bridgehead atoms. The third-order valence-electron chi connectivity index (χ3n) is 7.55. The molecule has 4 rings (SSSR count). The average molecular weight is 646 g/mol. The number of rotatable bonds is 10. The van der Waals surface area contributed by atoms with Crippen molar-refractivity contribution in [2.24, 2.45) is 0 Å². The van der Waals surface area contributed by atoms with Gasteiger partial charge in [0.15, 0.2) is 0 Å². The summed E-state index contributed by atoms with van der Waals surface area (Å²) in [6, 6.07) is 18.1. The number of anilines is 1. The van der Waals surface area contributed by atoms with Crippen molar-refractivity contribution < 1.29 is 32.7 Å². The standard InChI is InChI=1S/C32H32BrF3N2O4/c33-28-15-14-25(19-27(28)32(34,35)36)38-31(42)26(23-12-10-22(11-13-23)21-4-2-1-3-5-21)18-20-6-8-24(9-7-20)30(41)37-17-16-29(39)40/h6-15,19,21,26H,1-5,16-18H2,(H,37,41)(H,38,42)(H,39,40). The van der Waals surface area contributed by atoms with E-state index in [0.717, 1.165) is 30.0 Å². The monoisotopic (exact) mass is 644 g/mol. The van der Waals surface area contributed by atoms with Gasteiger partial charge in [-0.3, -0.25) is 14.4 Å². The van der Waals surface area contributed by atoms with E-state index in [1.807, 2.05) is 24.3 Å². The molecule has 1 saturated carbocycles. The number of benzene rings is 3. The summed E-state index contributed by atoms with van der Waals surface area (Å²) in [6.07, 6.45) is 1.36. The Morgan fingerprint density at radius 2 is 1.60 bits per heavy atom. The molecule has 3 aromatic rings. The topological polar surface area (TPSA) is 95.5 Å². The summed E-state index contributed by atoms with van der Waals surface area (Å²) in [4.78, 5) is 36.6. The zero-order valence-electron chi connectivity index (χ0n) is 22.8. The van der Waals surface area contributed by atoms with Crippen molar-refractivity contribution >= 4 is 39.4 Å². The van der Waals surface area contributed by atoms with Crippen LogP contribution in [0.25, 0.3) is 0 Å². The highest BCUT2D eigenvalue weighted by molar-refractivity contribution is 9.10. The van der Waals surface area contributed by atoms with Gasteiger partial charge >= 0.3 is 12.1 Å². The Morgan fingerprint density at radius 3 is 2.21 bits per heavy atom. The molecule has 1 fully saturated rings. The molecule has 0 spiro atoms. The van der Waals surface area contributed by atoms with E-state index < -0.39 is 35.4 Å². The highest BCUT2D eigenvalue weighted by atomic mass is 79.9. The number of amides is 2. The number of hydrogen-bond donors (Lipinski definition) is 3. The molecule has 1 aliphatic carbocycles. The van der Waals surface area contributed by atoms with Gasteiger partial charge < -0.3 is 15.7 Å². The van der Waals surface area contributed by atoms with E-state index in [1.54, 1.807) is 24.3 Å². The molecule has 42 heavy (non-hydrogen) atoms. The van der Waals surface area contributed by atoms with E-state index in [2.05, 4.69) is 26.6 Å². The molecule has 222 valence electrons. The number of carbonyl (C=O) groups excluding carboxylic acids is 2. The SMILES string of the molecule is O=C(O)CCNC(=O)c1ccc(CC(C(=O)Nc2ccc(Br)c(C(F)(F)F)c2)c2ccc(C3CCCCC3)cc2)cc1. The summed E-state index contributed by atoms with van der Waals surface area (Å²) in [5.74, 6) is -2.10. The van der Waals surface area contributed by atoms with E-state index in [1.165, 1.54) is 37.0 Å². The van der Waals surface area contributed by atoms with Crippen LogP contribution in [0.4, 0.5) is 18.9 Å². The van der Waals surface area contributed by atoms with E-state index in [9.17, 15) is 27.6 Å². The maximum atomic E-state index is 13.6. The maximum absolute atomic E-state index is 13.6. The lowest BCUT2D eigenvalue weighted by atomic mass is 9.83. The fourth-order valence-corrected chi connectivity index (χ4v) is 5.73. The first-order valence-corrected chi connectivity index (χ1v) is 14.7. The molecule has 10 heteroatoms. The van der Waals surface area contributed by atoms with Crippen LogP contribution < -0.4 is 10.6 Å². The van der Waals surface area contributed by atoms with Gasteiger partial charge in [0.05, 0.1) is 17.9 Å². The lowest BCUT2D eigenvalue weighted by Crippen LogP contribution is -2.26. The molecule has 2 amide bonds.